The van der Waals surface area contributed by atoms with Gasteiger partial charge in [0.05, 0.1) is 18.0 Å². The molecule has 0 bridgehead atoms. The summed E-state index contributed by atoms with van der Waals surface area (Å²) in [5.41, 5.74) is 4.17. The minimum Gasteiger partial charge on any atom is -0.481 e. The molecule has 5 aromatic rings. The number of benzene rings is 2. The fourth-order valence-corrected chi connectivity index (χ4v) is 6.75. The monoisotopic (exact) mass is 606 g/mol. The Labute approximate surface area is 257 Å². The van der Waals surface area contributed by atoms with E-state index in [1.165, 1.54) is 11.3 Å². The normalized spacial score (nSPS) is 15.5. The number of rotatable bonds is 10. The van der Waals surface area contributed by atoms with Crippen LogP contribution in [0.3, 0.4) is 0 Å². The number of aliphatic carboxylic acids is 1. The van der Waals surface area contributed by atoms with Crippen molar-refractivity contribution >= 4 is 51.0 Å². The van der Waals surface area contributed by atoms with Crippen molar-refractivity contribution in [2.75, 3.05) is 16.3 Å². The molecule has 0 radical (unpaired) electrons. The van der Waals surface area contributed by atoms with Crippen molar-refractivity contribution in [1.82, 2.24) is 9.97 Å². The maximum Gasteiger partial charge on any atom is 0.304 e. The van der Waals surface area contributed by atoms with Crippen LogP contribution in [-0.2, 0) is 20.8 Å². The molecule has 44 heavy (non-hydrogen) atoms. The molecule has 2 aromatic carbocycles. The molecule has 2 amide bonds. The Morgan fingerprint density at radius 3 is 2.57 bits per heavy atom. The summed E-state index contributed by atoms with van der Waals surface area (Å²) in [6.45, 7) is 0.686. The molecule has 2 fully saturated rings. The van der Waals surface area contributed by atoms with Crippen LogP contribution in [0, 0.1) is 5.92 Å². The third kappa shape index (κ3) is 5.60. The Hall–Kier alpha value is -4.83. The smallest absolute Gasteiger partial charge is 0.304 e. The molecule has 222 valence electrons. The van der Waals surface area contributed by atoms with Crippen LogP contribution in [0.4, 0.5) is 10.9 Å². The number of nitrogens with zero attached hydrogens (tertiary/aromatic N) is 4. The minimum atomic E-state index is -1.03. The van der Waals surface area contributed by atoms with Gasteiger partial charge in [0.1, 0.15) is 17.2 Å². The number of fused-ring (bicyclic) bond motifs is 1. The van der Waals surface area contributed by atoms with Gasteiger partial charge in [-0.05, 0) is 49.1 Å². The molecule has 1 saturated carbocycles. The highest BCUT2D eigenvalue weighted by Gasteiger charge is 2.39. The summed E-state index contributed by atoms with van der Waals surface area (Å²) in [5, 5.41) is 13.1. The quantitative estimate of drug-likeness (QED) is 0.191. The highest BCUT2D eigenvalue weighted by Crippen LogP contribution is 2.40. The lowest BCUT2D eigenvalue weighted by atomic mass is 9.98. The van der Waals surface area contributed by atoms with E-state index in [4.69, 9.17) is 9.40 Å². The van der Waals surface area contributed by atoms with E-state index in [2.05, 4.69) is 4.98 Å². The number of para-hydroxylation sites is 1. The molecule has 10 heteroatoms. The number of carboxylic acid groups (broad SMARTS) is 1. The molecule has 0 spiro atoms. The molecule has 2 aliphatic rings. The second-order valence-corrected chi connectivity index (χ2v) is 12.1. The molecule has 9 nitrogen and oxygen atoms in total. The number of carboxylic acids is 1. The van der Waals surface area contributed by atoms with Crippen LogP contribution in [0.1, 0.15) is 37.9 Å². The summed E-state index contributed by atoms with van der Waals surface area (Å²) in [6.07, 6.45) is 4.76. The van der Waals surface area contributed by atoms with E-state index < -0.39 is 11.9 Å². The molecule has 1 N–H and O–H groups in total. The summed E-state index contributed by atoms with van der Waals surface area (Å²) in [4.78, 5) is 51.0. The molecule has 1 saturated heterocycles. The second kappa shape index (κ2) is 11.7. The maximum absolute atomic E-state index is 14.0. The van der Waals surface area contributed by atoms with E-state index in [0.717, 1.165) is 47.0 Å². The number of thiazole rings is 1. The zero-order chi connectivity index (χ0) is 30.2. The lowest BCUT2D eigenvalue weighted by molar-refractivity contribution is -0.140. The lowest BCUT2D eigenvalue weighted by Crippen LogP contribution is -2.39. The number of aromatic nitrogens is 2. The van der Waals surface area contributed by atoms with Crippen molar-refractivity contribution in [3.8, 4) is 22.4 Å². The predicted octanol–water partition coefficient (Wildman–Crippen LogP) is 6.57. The Kier molecular flexibility index (Phi) is 7.43. The second-order valence-electron chi connectivity index (χ2n) is 11.3. The highest BCUT2D eigenvalue weighted by atomic mass is 32.1. The summed E-state index contributed by atoms with van der Waals surface area (Å²) < 4.78 is 5.95. The first-order valence-electron chi connectivity index (χ1n) is 14.8. The first-order valence-corrected chi connectivity index (χ1v) is 15.7. The molecule has 1 aliphatic carbocycles. The summed E-state index contributed by atoms with van der Waals surface area (Å²) in [7, 11) is 0. The Bertz CT molecular complexity index is 1830. The van der Waals surface area contributed by atoms with E-state index in [1.807, 2.05) is 72.1 Å². The predicted molar refractivity (Wildman–Crippen MR) is 169 cm³/mol. The Morgan fingerprint density at radius 1 is 1.07 bits per heavy atom. The van der Waals surface area contributed by atoms with E-state index in [1.54, 1.807) is 16.0 Å². The zero-order valence-electron chi connectivity index (χ0n) is 23.9. The first-order chi connectivity index (χ1) is 21.4. The van der Waals surface area contributed by atoms with Crippen LogP contribution in [0.5, 0.6) is 0 Å². The van der Waals surface area contributed by atoms with Gasteiger partial charge < -0.3 is 9.52 Å². The number of pyridine rings is 1. The standard InChI is InChI=1S/C34H30N4O5S/c39-31-10-5-15-37(31)30-14-11-22(19-35-30)26-7-2-3-8-27(26)28-20-44-34(36-28)38(24-12-13-24)33(42)23(18-32(40)41)17-25-16-21-6-1-4-9-29(21)43-25/h1-4,6-9,11,14,16,19-20,23-24H,5,10,12-13,15,17-18H2,(H,40,41)/t23-/m1/s1. The number of carbonyl (C=O) groups excluding carboxylic acids is 2. The largest absolute Gasteiger partial charge is 0.481 e. The highest BCUT2D eigenvalue weighted by molar-refractivity contribution is 7.14. The molecular formula is C34H30N4O5S. The van der Waals surface area contributed by atoms with Gasteiger partial charge in [0.25, 0.3) is 0 Å². The van der Waals surface area contributed by atoms with Gasteiger partial charge in [-0.25, -0.2) is 9.97 Å². The fourth-order valence-electron chi connectivity index (χ4n) is 5.85. The van der Waals surface area contributed by atoms with Gasteiger partial charge in [0.15, 0.2) is 5.13 Å². The summed E-state index contributed by atoms with van der Waals surface area (Å²) in [5.74, 6) is -0.733. The third-order valence-electron chi connectivity index (χ3n) is 8.15. The van der Waals surface area contributed by atoms with Crippen molar-refractivity contribution < 1.29 is 23.9 Å². The van der Waals surface area contributed by atoms with Crippen LogP contribution in [0.2, 0.25) is 0 Å². The van der Waals surface area contributed by atoms with E-state index in [0.29, 0.717) is 35.3 Å². The van der Waals surface area contributed by atoms with E-state index in [-0.39, 0.29) is 30.7 Å². The summed E-state index contributed by atoms with van der Waals surface area (Å²) in [6, 6.07) is 21.2. The fraction of sp³-hybridized carbons (Fsp3) is 0.265. The van der Waals surface area contributed by atoms with Gasteiger partial charge in [-0.1, -0.05) is 42.5 Å². The molecule has 1 atom stereocenters. The number of carbonyl (C=O) groups is 3. The van der Waals surface area contributed by atoms with Crippen molar-refractivity contribution in [1.29, 1.82) is 0 Å². The molecular weight excluding hydrogens is 576 g/mol. The van der Waals surface area contributed by atoms with Crippen molar-refractivity contribution in [3.63, 3.8) is 0 Å². The minimum absolute atomic E-state index is 0.00578. The number of furan rings is 1. The van der Waals surface area contributed by atoms with Gasteiger partial charge >= 0.3 is 5.97 Å². The zero-order valence-corrected chi connectivity index (χ0v) is 24.7. The number of hydrogen-bond donors (Lipinski definition) is 1. The molecule has 4 heterocycles. The van der Waals surface area contributed by atoms with Crippen LogP contribution >= 0.6 is 11.3 Å². The van der Waals surface area contributed by atoms with Crippen LogP contribution in [0.15, 0.2) is 82.7 Å². The maximum atomic E-state index is 14.0. The van der Waals surface area contributed by atoms with E-state index in [9.17, 15) is 19.5 Å². The number of hydrogen-bond acceptors (Lipinski definition) is 7. The van der Waals surface area contributed by atoms with Gasteiger partial charge in [0.2, 0.25) is 11.8 Å². The van der Waals surface area contributed by atoms with Crippen molar-refractivity contribution in [3.05, 3.63) is 84.1 Å². The van der Waals surface area contributed by atoms with Gasteiger partial charge in [-0.3, -0.25) is 24.2 Å². The number of anilines is 2. The van der Waals surface area contributed by atoms with Gasteiger partial charge in [0, 0.05) is 53.5 Å². The van der Waals surface area contributed by atoms with Crippen LogP contribution < -0.4 is 9.80 Å². The molecule has 1 aliphatic heterocycles. The Morgan fingerprint density at radius 2 is 1.86 bits per heavy atom. The van der Waals surface area contributed by atoms with Crippen LogP contribution in [-0.4, -0.2) is 45.4 Å². The Balaban J connectivity index is 1.16. The van der Waals surface area contributed by atoms with E-state index >= 15 is 0 Å². The lowest BCUT2D eigenvalue weighted by Gasteiger charge is -2.24. The molecule has 3 aromatic heterocycles. The SMILES string of the molecule is O=C(O)C[C@@H](Cc1cc2ccccc2o1)C(=O)N(c1nc(-c2ccccc2-c2ccc(N3CCCC3=O)nc2)cs1)C1CC1. The average Bonchev–Trinajstić information content (AvgIpc) is 3.37. The average molecular weight is 607 g/mol. The molecule has 0 unspecified atom stereocenters. The van der Waals surface area contributed by atoms with Gasteiger partial charge in [-0.15, -0.1) is 11.3 Å². The topological polar surface area (TPSA) is 117 Å². The van der Waals surface area contributed by atoms with Crippen molar-refractivity contribution in [2.24, 2.45) is 5.92 Å². The van der Waals surface area contributed by atoms with Crippen molar-refractivity contribution in [2.45, 2.75) is 44.6 Å². The summed E-state index contributed by atoms with van der Waals surface area (Å²) >= 11 is 1.38. The molecule has 7 rings (SSSR count). The van der Waals surface area contributed by atoms with Gasteiger partial charge in [-0.2, -0.15) is 0 Å². The number of amides is 2. The third-order valence-corrected chi connectivity index (χ3v) is 8.99. The first kappa shape index (κ1) is 28.0. The van der Waals surface area contributed by atoms with Crippen LogP contribution in [0.25, 0.3) is 33.4 Å².